The summed E-state index contributed by atoms with van der Waals surface area (Å²) in [4.78, 5) is 3.93. The van der Waals surface area contributed by atoms with Crippen LogP contribution in [0.2, 0.25) is 0 Å². The minimum atomic E-state index is -3.86. The molecular formula is C17H17N3O4S. The Morgan fingerprint density at radius 2 is 2.20 bits per heavy atom. The van der Waals surface area contributed by atoms with Crippen molar-refractivity contribution in [3.8, 4) is 11.5 Å². The number of rotatable bonds is 2. The van der Waals surface area contributed by atoms with Gasteiger partial charge in [0.15, 0.2) is 0 Å². The van der Waals surface area contributed by atoms with Crippen LogP contribution in [0.1, 0.15) is 18.5 Å². The second-order valence-corrected chi connectivity index (χ2v) is 7.71. The molecule has 0 bridgehead atoms. The third-order valence-electron chi connectivity index (χ3n) is 4.35. The van der Waals surface area contributed by atoms with Gasteiger partial charge in [0.1, 0.15) is 23.0 Å². The van der Waals surface area contributed by atoms with E-state index in [1.807, 2.05) is 6.92 Å². The molecule has 1 atom stereocenters. The number of pyridine rings is 1. The minimum Gasteiger partial charge on any atom is -0.506 e. The van der Waals surface area contributed by atoms with Crippen molar-refractivity contribution < 1.29 is 18.3 Å². The Kier molecular flexibility index (Phi) is 3.66. The van der Waals surface area contributed by atoms with Gasteiger partial charge in [0, 0.05) is 30.5 Å². The summed E-state index contributed by atoms with van der Waals surface area (Å²) in [5.41, 5.74) is 1.16. The molecule has 0 radical (unpaired) electrons. The number of hydrogen-bond donors (Lipinski definition) is 2. The maximum Gasteiger partial charge on any atom is 0.269 e. The van der Waals surface area contributed by atoms with E-state index in [0.717, 1.165) is 9.54 Å². The fourth-order valence-corrected chi connectivity index (χ4v) is 4.51. The van der Waals surface area contributed by atoms with Gasteiger partial charge < -0.3 is 15.2 Å². The number of nitrogens with one attached hydrogen (secondary N) is 1. The van der Waals surface area contributed by atoms with Gasteiger partial charge in [-0.1, -0.05) is 0 Å². The lowest BCUT2D eigenvalue weighted by Gasteiger charge is -2.14. The molecular weight excluding hydrogens is 342 g/mol. The first-order chi connectivity index (χ1) is 12.0. The van der Waals surface area contributed by atoms with Crippen molar-refractivity contribution in [2.24, 2.45) is 0 Å². The molecule has 7 nitrogen and oxygen atoms in total. The zero-order valence-electron chi connectivity index (χ0n) is 13.5. The van der Waals surface area contributed by atoms with E-state index in [0.29, 0.717) is 29.8 Å². The van der Waals surface area contributed by atoms with Crippen molar-refractivity contribution in [2.75, 3.05) is 13.2 Å². The van der Waals surface area contributed by atoms with Gasteiger partial charge >= 0.3 is 0 Å². The highest BCUT2D eigenvalue weighted by Gasteiger charge is 2.27. The Bertz CT molecular complexity index is 1040. The highest BCUT2D eigenvalue weighted by atomic mass is 32.2. The molecule has 4 rings (SSSR count). The molecule has 2 aromatic heterocycles. The zero-order chi connectivity index (χ0) is 17.6. The first-order valence-electron chi connectivity index (χ1n) is 7.89. The van der Waals surface area contributed by atoms with Crippen LogP contribution in [0.4, 0.5) is 0 Å². The molecule has 2 N–H and O–H groups in total. The van der Waals surface area contributed by atoms with Crippen LogP contribution < -0.4 is 10.1 Å². The normalized spacial score (nSPS) is 17.7. The lowest BCUT2D eigenvalue weighted by atomic mass is 10.0. The SMILES string of the molecule is CC1NCCOc2ccc3c(c(O)cn3S(=O)(=O)c3cccnc3)c21. The Hall–Kier alpha value is -2.58. The second-order valence-electron chi connectivity index (χ2n) is 5.90. The van der Waals surface area contributed by atoms with Crippen molar-refractivity contribution in [3.05, 3.63) is 48.4 Å². The zero-order valence-corrected chi connectivity index (χ0v) is 14.3. The number of aromatic nitrogens is 2. The first kappa shape index (κ1) is 15.9. The fraction of sp³-hybridized carbons (Fsp3) is 0.235. The van der Waals surface area contributed by atoms with E-state index in [1.165, 1.54) is 24.7 Å². The van der Waals surface area contributed by atoms with Crippen molar-refractivity contribution in [1.29, 1.82) is 0 Å². The van der Waals surface area contributed by atoms with E-state index >= 15 is 0 Å². The van der Waals surface area contributed by atoms with Crippen molar-refractivity contribution >= 4 is 20.9 Å². The van der Waals surface area contributed by atoms with Crippen LogP contribution in [0, 0.1) is 0 Å². The van der Waals surface area contributed by atoms with Gasteiger partial charge in [0.05, 0.1) is 17.1 Å². The van der Waals surface area contributed by atoms with Gasteiger partial charge in [0.2, 0.25) is 0 Å². The molecule has 8 heteroatoms. The maximum absolute atomic E-state index is 12.9. The van der Waals surface area contributed by atoms with E-state index in [4.69, 9.17) is 4.74 Å². The average Bonchev–Trinajstić information content (AvgIpc) is 2.85. The van der Waals surface area contributed by atoms with Gasteiger partial charge in [-0.25, -0.2) is 12.4 Å². The van der Waals surface area contributed by atoms with Gasteiger partial charge in [0.25, 0.3) is 10.0 Å². The van der Waals surface area contributed by atoms with Crippen LogP contribution in [-0.2, 0) is 10.0 Å². The molecule has 1 aliphatic heterocycles. The smallest absolute Gasteiger partial charge is 0.269 e. The highest BCUT2D eigenvalue weighted by Crippen LogP contribution is 2.40. The Morgan fingerprint density at radius 1 is 1.36 bits per heavy atom. The van der Waals surface area contributed by atoms with Gasteiger partial charge in [-0.15, -0.1) is 0 Å². The lowest BCUT2D eigenvalue weighted by Crippen LogP contribution is -2.20. The molecule has 1 unspecified atom stereocenters. The van der Waals surface area contributed by atoms with Crippen LogP contribution in [0.15, 0.2) is 47.8 Å². The largest absolute Gasteiger partial charge is 0.506 e. The van der Waals surface area contributed by atoms with E-state index in [-0.39, 0.29) is 16.7 Å². The topological polar surface area (TPSA) is 93.5 Å². The van der Waals surface area contributed by atoms with Crippen molar-refractivity contribution in [1.82, 2.24) is 14.3 Å². The van der Waals surface area contributed by atoms with Crippen molar-refractivity contribution in [2.45, 2.75) is 17.9 Å². The number of fused-ring (bicyclic) bond motifs is 3. The molecule has 0 amide bonds. The summed E-state index contributed by atoms with van der Waals surface area (Å²) in [5, 5.41) is 14.3. The predicted molar refractivity (Wildman–Crippen MR) is 92.3 cm³/mol. The van der Waals surface area contributed by atoms with E-state index in [1.54, 1.807) is 18.2 Å². The maximum atomic E-state index is 12.9. The Balaban J connectivity index is 2.00. The quantitative estimate of drug-likeness (QED) is 0.727. The van der Waals surface area contributed by atoms with Crippen molar-refractivity contribution in [3.63, 3.8) is 0 Å². The lowest BCUT2D eigenvalue weighted by molar-refractivity contribution is 0.325. The Labute approximate surface area is 144 Å². The van der Waals surface area contributed by atoms with Crippen LogP contribution in [0.3, 0.4) is 0 Å². The number of nitrogens with zero attached hydrogens (tertiary/aromatic N) is 2. The number of hydrogen-bond acceptors (Lipinski definition) is 6. The fourth-order valence-electron chi connectivity index (χ4n) is 3.19. The number of benzene rings is 1. The summed E-state index contributed by atoms with van der Waals surface area (Å²) in [6.07, 6.45) is 4.02. The second kappa shape index (κ2) is 5.75. The van der Waals surface area contributed by atoms with Crippen LogP contribution in [0.25, 0.3) is 10.9 Å². The summed E-state index contributed by atoms with van der Waals surface area (Å²) in [6.45, 7) is 3.14. The molecule has 0 saturated carbocycles. The monoisotopic (exact) mass is 359 g/mol. The molecule has 3 aromatic rings. The first-order valence-corrected chi connectivity index (χ1v) is 9.33. The van der Waals surface area contributed by atoms with E-state index in [2.05, 4.69) is 10.3 Å². The molecule has 0 saturated heterocycles. The van der Waals surface area contributed by atoms with Crippen LogP contribution >= 0.6 is 0 Å². The van der Waals surface area contributed by atoms with Crippen LogP contribution in [-0.4, -0.2) is 35.6 Å². The molecule has 1 aromatic carbocycles. The third-order valence-corrected chi connectivity index (χ3v) is 6.01. The molecule has 130 valence electrons. The molecule has 25 heavy (non-hydrogen) atoms. The highest BCUT2D eigenvalue weighted by molar-refractivity contribution is 7.90. The molecule has 1 aliphatic rings. The van der Waals surface area contributed by atoms with E-state index < -0.39 is 10.0 Å². The summed E-state index contributed by atoms with van der Waals surface area (Å²) in [5.74, 6) is 0.551. The molecule has 0 aliphatic carbocycles. The molecule has 3 heterocycles. The number of ether oxygens (including phenoxy) is 1. The van der Waals surface area contributed by atoms with Gasteiger partial charge in [-0.2, -0.15) is 0 Å². The Morgan fingerprint density at radius 3 is 2.96 bits per heavy atom. The number of aromatic hydroxyl groups is 1. The predicted octanol–water partition coefficient (Wildman–Crippen LogP) is 2.02. The summed E-state index contributed by atoms with van der Waals surface area (Å²) < 4.78 is 32.7. The summed E-state index contributed by atoms with van der Waals surface area (Å²) in [7, 11) is -3.86. The van der Waals surface area contributed by atoms with Gasteiger partial charge in [-0.3, -0.25) is 4.98 Å². The molecule has 0 fully saturated rings. The molecule has 0 spiro atoms. The minimum absolute atomic E-state index is 0.0595. The van der Waals surface area contributed by atoms with Crippen LogP contribution in [0.5, 0.6) is 11.5 Å². The summed E-state index contributed by atoms with van der Waals surface area (Å²) in [6, 6.07) is 6.35. The van der Waals surface area contributed by atoms with Gasteiger partial charge in [-0.05, 0) is 31.2 Å². The van der Waals surface area contributed by atoms with E-state index in [9.17, 15) is 13.5 Å². The standard InChI is InChI=1S/C17H17N3O4S/c1-11-16-15(24-8-7-19-11)5-4-13-17(16)14(21)10-20(13)25(22,23)12-3-2-6-18-9-12/h2-6,9-11,19,21H,7-8H2,1H3. The average molecular weight is 359 g/mol. The summed E-state index contributed by atoms with van der Waals surface area (Å²) >= 11 is 0. The third kappa shape index (κ3) is 2.45.